The lowest BCUT2D eigenvalue weighted by atomic mass is 10.1. The highest BCUT2D eigenvalue weighted by Gasteiger charge is 2.29. The summed E-state index contributed by atoms with van der Waals surface area (Å²) in [5.74, 6) is 0.293. The number of amides is 1. The summed E-state index contributed by atoms with van der Waals surface area (Å²) >= 11 is 5.77. The van der Waals surface area contributed by atoms with E-state index in [4.69, 9.17) is 22.1 Å². The van der Waals surface area contributed by atoms with Crippen molar-refractivity contribution in [3.8, 4) is 0 Å². The molecule has 5 heteroatoms. The van der Waals surface area contributed by atoms with E-state index in [0.29, 0.717) is 23.2 Å². The van der Waals surface area contributed by atoms with Gasteiger partial charge < -0.3 is 10.5 Å². The first-order valence-corrected chi connectivity index (χ1v) is 6.50. The fourth-order valence-corrected chi connectivity index (χ4v) is 2.37. The van der Waals surface area contributed by atoms with Gasteiger partial charge in [-0.05, 0) is 50.1 Å². The number of benzene rings is 1. The zero-order valence-electron chi connectivity index (χ0n) is 10.1. The molecule has 4 nitrogen and oxygen atoms in total. The molecule has 1 aromatic carbocycles. The molecule has 0 aromatic heterocycles. The molecule has 2 rings (SSSR count). The van der Waals surface area contributed by atoms with Crippen LogP contribution in [0.4, 0.5) is 10.5 Å². The average Bonchev–Trinajstić information content (AvgIpc) is 2.79. The molecule has 98 valence electrons. The molecule has 1 aliphatic carbocycles. The predicted molar refractivity (Wildman–Crippen MR) is 71.7 cm³/mol. The van der Waals surface area contributed by atoms with Gasteiger partial charge in [-0.25, -0.2) is 4.79 Å². The number of nitrogens with one attached hydrogen (secondary N) is 1. The Morgan fingerprint density at radius 2 is 2.11 bits per heavy atom. The lowest BCUT2D eigenvalue weighted by Crippen LogP contribution is -2.29. The molecule has 1 aliphatic rings. The van der Waals surface area contributed by atoms with Gasteiger partial charge in [0.2, 0.25) is 0 Å². The normalized spacial score (nSPS) is 22.8. The molecule has 1 fully saturated rings. The fourth-order valence-electron chi connectivity index (χ4n) is 2.25. The number of nitrogens with two attached hydrogens (primary N) is 1. The molecule has 18 heavy (non-hydrogen) atoms. The van der Waals surface area contributed by atoms with Crippen molar-refractivity contribution in [1.29, 1.82) is 0 Å². The van der Waals surface area contributed by atoms with Crippen LogP contribution in [0.25, 0.3) is 0 Å². The molecule has 1 saturated carbocycles. The first-order valence-electron chi connectivity index (χ1n) is 6.12. The standard InChI is InChI=1S/C13H17ClN2O2/c14-10-4-6-11(7-5-10)16-13(17)18-12-3-1-2-9(12)8-15/h4-7,9,12H,1-3,8,15H2,(H,16,17). The van der Waals surface area contributed by atoms with Gasteiger partial charge in [0.15, 0.2) is 0 Å². The van der Waals surface area contributed by atoms with Crippen molar-refractivity contribution in [3.63, 3.8) is 0 Å². The third kappa shape index (κ3) is 3.37. The smallest absolute Gasteiger partial charge is 0.411 e. The lowest BCUT2D eigenvalue weighted by Gasteiger charge is -2.18. The maximum absolute atomic E-state index is 11.7. The number of carbonyl (C=O) groups excluding carboxylic acids is 1. The minimum Gasteiger partial charge on any atom is -0.446 e. The quantitative estimate of drug-likeness (QED) is 0.886. The highest BCUT2D eigenvalue weighted by atomic mass is 35.5. The number of halogens is 1. The Morgan fingerprint density at radius 1 is 1.39 bits per heavy atom. The van der Waals surface area contributed by atoms with Crippen molar-refractivity contribution < 1.29 is 9.53 Å². The van der Waals surface area contributed by atoms with Crippen molar-refractivity contribution in [3.05, 3.63) is 29.3 Å². The van der Waals surface area contributed by atoms with Crippen LogP contribution < -0.4 is 11.1 Å². The topological polar surface area (TPSA) is 64.3 Å². The van der Waals surface area contributed by atoms with Gasteiger partial charge in [-0.2, -0.15) is 0 Å². The highest BCUT2D eigenvalue weighted by Crippen LogP contribution is 2.27. The Hall–Kier alpha value is -1.26. The zero-order valence-corrected chi connectivity index (χ0v) is 10.8. The van der Waals surface area contributed by atoms with Crippen LogP contribution in [0.15, 0.2) is 24.3 Å². The van der Waals surface area contributed by atoms with Crippen molar-refractivity contribution in [2.24, 2.45) is 11.7 Å². The van der Waals surface area contributed by atoms with Gasteiger partial charge in [0, 0.05) is 16.6 Å². The largest absolute Gasteiger partial charge is 0.446 e. The monoisotopic (exact) mass is 268 g/mol. The van der Waals surface area contributed by atoms with E-state index in [-0.39, 0.29) is 6.10 Å². The van der Waals surface area contributed by atoms with Crippen LogP contribution in [0, 0.1) is 5.92 Å². The van der Waals surface area contributed by atoms with Crippen molar-refractivity contribution in [2.75, 3.05) is 11.9 Å². The van der Waals surface area contributed by atoms with E-state index in [1.165, 1.54) is 0 Å². The first-order chi connectivity index (χ1) is 8.69. The Bertz CT molecular complexity index is 408. The zero-order chi connectivity index (χ0) is 13.0. The van der Waals surface area contributed by atoms with Crippen LogP contribution >= 0.6 is 11.6 Å². The fraction of sp³-hybridized carbons (Fsp3) is 0.462. The van der Waals surface area contributed by atoms with Gasteiger partial charge in [-0.15, -0.1) is 0 Å². The molecule has 0 spiro atoms. The summed E-state index contributed by atoms with van der Waals surface area (Å²) in [4.78, 5) is 11.7. The molecule has 1 amide bonds. The number of hydrogen-bond acceptors (Lipinski definition) is 3. The van der Waals surface area contributed by atoms with E-state index < -0.39 is 6.09 Å². The van der Waals surface area contributed by atoms with E-state index in [9.17, 15) is 4.79 Å². The van der Waals surface area contributed by atoms with Crippen LogP contribution in [0.5, 0.6) is 0 Å². The Morgan fingerprint density at radius 3 is 2.78 bits per heavy atom. The van der Waals surface area contributed by atoms with Gasteiger partial charge in [0.25, 0.3) is 0 Å². The van der Waals surface area contributed by atoms with E-state index in [1.807, 2.05) is 0 Å². The molecular formula is C13H17ClN2O2. The molecule has 2 atom stereocenters. The predicted octanol–water partition coefficient (Wildman–Crippen LogP) is 3.02. The third-order valence-corrected chi connectivity index (χ3v) is 3.49. The molecule has 0 heterocycles. The van der Waals surface area contributed by atoms with Gasteiger partial charge >= 0.3 is 6.09 Å². The molecular weight excluding hydrogens is 252 g/mol. The molecule has 2 unspecified atom stereocenters. The Labute approximate surface area is 111 Å². The van der Waals surface area contributed by atoms with Gasteiger partial charge in [0.05, 0.1) is 0 Å². The van der Waals surface area contributed by atoms with Crippen LogP contribution in [0.2, 0.25) is 5.02 Å². The van der Waals surface area contributed by atoms with Crippen molar-refractivity contribution in [1.82, 2.24) is 0 Å². The van der Waals surface area contributed by atoms with Crippen LogP contribution in [-0.2, 0) is 4.74 Å². The molecule has 0 radical (unpaired) electrons. The van der Waals surface area contributed by atoms with Gasteiger partial charge in [0.1, 0.15) is 6.10 Å². The second kappa shape index (κ2) is 6.07. The number of rotatable bonds is 3. The van der Waals surface area contributed by atoms with Gasteiger partial charge in [-0.3, -0.25) is 5.32 Å². The maximum Gasteiger partial charge on any atom is 0.411 e. The summed E-state index contributed by atoms with van der Waals surface area (Å²) in [5.41, 5.74) is 6.32. The minimum absolute atomic E-state index is 0.0534. The van der Waals surface area contributed by atoms with E-state index in [2.05, 4.69) is 5.32 Å². The SMILES string of the molecule is NCC1CCCC1OC(=O)Nc1ccc(Cl)cc1. The third-order valence-electron chi connectivity index (χ3n) is 3.24. The first kappa shape index (κ1) is 13.2. The summed E-state index contributed by atoms with van der Waals surface area (Å²) in [6, 6.07) is 6.90. The van der Waals surface area contributed by atoms with Gasteiger partial charge in [-0.1, -0.05) is 11.6 Å². The Balaban J connectivity index is 1.86. The second-order valence-corrected chi connectivity index (χ2v) is 4.94. The summed E-state index contributed by atoms with van der Waals surface area (Å²) in [6.45, 7) is 0.568. The van der Waals surface area contributed by atoms with E-state index >= 15 is 0 Å². The van der Waals surface area contributed by atoms with E-state index in [1.54, 1.807) is 24.3 Å². The maximum atomic E-state index is 11.7. The Kier molecular flexibility index (Phi) is 4.44. The summed E-state index contributed by atoms with van der Waals surface area (Å²) in [6.07, 6.45) is 2.52. The van der Waals surface area contributed by atoms with Crippen molar-refractivity contribution >= 4 is 23.4 Å². The van der Waals surface area contributed by atoms with Crippen LogP contribution in [0.3, 0.4) is 0 Å². The van der Waals surface area contributed by atoms with E-state index in [0.717, 1.165) is 19.3 Å². The summed E-state index contributed by atoms with van der Waals surface area (Å²) in [7, 11) is 0. The molecule has 0 aliphatic heterocycles. The minimum atomic E-state index is -0.428. The number of hydrogen-bond donors (Lipinski definition) is 2. The lowest BCUT2D eigenvalue weighted by molar-refractivity contribution is 0.0893. The van der Waals surface area contributed by atoms with Crippen molar-refractivity contribution in [2.45, 2.75) is 25.4 Å². The van der Waals surface area contributed by atoms with Crippen LogP contribution in [-0.4, -0.2) is 18.7 Å². The molecule has 1 aromatic rings. The molecule has 0 saturated heterocycles. The second-order valence-electron chi connectivity index (χ2n) is 4.50. The summed E-state index contributed by atoms with van der Waals surface area (Å²) < 4.78 is 5.39. The molecule has 3 N–H and O–H groups in total. The van der Waals surface area contributed by atoms with Crippen LogP contribution in [0.1, 0.15) is 19.3 Å². The number of anilines is 1. The molecule has 0 bridgehead atoms. The average molecular weight is 269 g/mol. The number of carbonyl (C=O) groups is 1. The highest BCUT2D eigenvalue weighted by molar-refractivity contribution is 6.30. The summed E-state index contributed by atoms with van der Waals surface area (Å²) in [5, 5.41) is 3.31. The number of ether oxygens (including phenoxy) is 1.